The predicted octanol–water partition coefficient (Wildman–Crippen LogP) is 8.24. The van der Waals surface area contributed by atoms with E-state index in [9.17, 15) is 103 Å². The van der Waals surface area contributed by atoms with Crippen molar-refractivity contribution in [2.24, 2.45) is 34.0 Å². The highest BCUT2D eigenvalue weighted by atomic mass is 79.9. The molecule has 15 rings (SSSR count). The summed E-state index contributed by atoms with van der Waals surface area (Å²) in [5.41, 5.74) is -0.748. The number of urea groups is 1. The van der Waals surface area contributed by atoms with Crippen LogP contribution in [0.5, 0.6) is 0 Å². The molecule has 6 saturated carbocycles. The van der Waals surface area contributed by atoms with E-state index in [2.05, 4.69) is 78.3 Å². The van der Waals surface area contributed by atoms with Gasteiger partial charge in [0.15, 0.2) is 23.4 Å². The molecule has 0 aromatic heterocycles. The zero-order chi connectivity index (χ0) is 103. The van der Waals surface area contributed by atoms with Crippen LogP contribution in [-0.4, -0.2) is 243 Å². The number of allylic oxidation sites excluding steroid dienone is 6. The number of fused-ring (bicyclic) bond motifs is 6. The van der Waals surface area contributed by atoms with Crippen molar-refractivity contribution in [3.63, 3.8) is 0 Å². The number of sulfonamides is 3. The molecule has 15 atom stereocenters. The van der Waals surface area contributed by atoms with Crippen LogP contribution in [0, 0.1) is 34.0 Å². The van der Waals surface area contributed by atoms with Gasteiger partial charge in [-0.15, -0.1) is 0 Å². The fraction of sp³-hybridized carbons (Fsp3) is 0.639. The van der Waals surface area contributed by atoms with E-state index in [-0.39, 0.29) is 137 Å². The van der Waals surface area contributed by atoms with Crippen molar-refractivity contribution in [1.82, 2.24) is 44.4 Å². The average Bonchev–Trinajstić information content (AvgIpc) is 1.57. The van der Waals surface area contributed by atoms with Crippen LogP contribution < -0.4 is 42.9 Å². The van der Waals surface area contributed by atoms with E-state index in [1.807, 2.05) is 36.5 Å². The first-order chi connectivity index (χ1) is 65.9. The van der Waals surface area contributed by atoms with Gasteiger partial charge in [-0.1, -0.05) is 131 Å². The molecule has 37 nitrogen and oxygen atoms in total. The van der Waals surface area contributed by atoms with Crippen LogP contribution in [0.15, 0.2) is 137 Å². The van der Waals surface area contributed by atoms with Gasteiger partial charge in [-0.2, -0.15) is 25.3 Å². The van der Waals surface area contributed by atoms with Crippen molar-refractivity contribution in [2.45, 2.75) is 338 Å². The molecule has 12 aliphatic rings. The van der Waals surface area contributed by atoms with Gasteiger partial charge in [-0.25, -0.2) is 34.8 Å². The first kappa shape index (κ1) is 118. The van der Waals surface area contributed by atoms with Crippen molar-refractivity contribution >= 4 is 173 Å². The molecule has 800 valence electrons. The van der Waals surface area contributed by atoms with Crippen molar-refractivity contribution < 1.29 is 139 Å². The molecule has 0 spiro atoms. The van der Waals surface area contributed by atoms with Crippen LogP contribution in [0.4, 0.5) is 9.59 Å². The number of hydrogen-bond acceptors (Lipinski definition) is 27. The van der Waals surface area contributed by atoms with Crippen LogP contribution in [0.1, 0.15) is 249 Å². The number of ketones is 3. The number of rotatable bonds is 20. The lowest BCUT2D eigenvalue weighted by molar-refractivity contribution is -0.407. The second kappa shape index (κ2) is 46.6. The van der Waals surface area contributed by atoms with Gasteiger partial charge in [-0.05, 0) is 248 Å². The van der Waals surface area contributed by atoms with Gasteiger partial charge in [0, 0.05) is 92.1 Å². The van der Waals surface area contributed by atoms with Gasteiger partial charge in [0.05, 0.1) is 81.6 Å². The number of halogens is 4. The lowest BCUT2D eigenvalue weighted by Gasteiger charge is -2.30. The summed E-state index contributed by atoms with van der Waals surface area (Å²) in [5.74, 6) is -6.30. The normalized spacial score (nSPS) is 29.7. The fourth-order valence-corrected chi connectivity index (χ4v) is 27.0. The van der Waals surface area contributed by atoms with Crippen LogP contribution in [0.2, 0.25) is 0 Å². The summed E-state index contributed by atoms with van der Waals surface area (Å²) in [6, 6.07) is 11.0. The Bertz CT molecular complexity index is 6150. The van der Waals surface area contributed by atoms with Crippen LogP contribution in [0.3, 0.4) is 0 Å². The SMILES string of the molecule is C.C.CC(C)(C)OC(=O)N[C@H]1CCCCC/C=C\[C@@H]2C[C@@]2(C(=O)NS(=O)(=O)C2(C)CC2)CC(=O)[C@@H]2C[C@H](OS(=O)(=O)c3ccc(Br)cc3)CN2C1=O.CC1(S(=O)(=O)NC(=O)[C@]23CC(=O)[C@@H]4C[C@H](OS(=O)(=O)c5ccc(Br)cc5)CN4C(=O)[C@@H]([NH3+])CCCCC/C=C\[C@@H]2C3)CC1.CN(C)C(=O)N[C@H]1CCCCC/C=C\[C@@H]2C[C@@]2(C(=O)NS(=O)(=O)C2(C)CC2)CC(=O)[C@@H]2C[C@H](OS(=O)(=O)c3ccc(Br)cc3)CN2C1=O.[Cl-]. The van der Waals surface area contributed by atoms with Gasteiger partial charge in [0.1, 0.15) is 17.7 Å². The largest absolute Gasteiger partial charge is 1.00 e. The number of alkyl carbamates (subject to hydrolysis) is 1. The molecular formula is C97H136Br3ClN10O27S6. The first-order valence-electron chi connectivity index (χ1n) is 48.0. The molecule has 6 aliphatic carbocycles. The quantitative estimate of drug-likeness (QED) is 0.0458. The summed E-state index contributed by atoms with van der Waals surface area (Å²) in [6.45, 7) is 9.16. The number of ether oxygens (including phenoxy) is 1. The molecule has 6 aliphatic heterocycles. The molecule has 47 heteroatoms. The molecule has 144 heavy (non-hydrogen) atoms. The standard InChI is InChI=1S/C34H46BrN3O10S2.C32H43BrN4O9S2.C29H38BrN3O8S2.2CH4.ClH/c1-32(2,3)47-31(42)36-26-11-9-7-5-6-8-10-22-19-34(22,30(41)37-50(45,46)33(4)16-17-33)20-28(39)27-18-24(21-38(27)29(26)40)48-49(43,44)25-14-12-23(35)13-15-25;1-31(15-16-31)48(44,45)35-29(40)32-18-21(32)9-7-5-4-6-8-10-25(34-30(41)36(2)3)28(39)37-20-23(17-26(37)27(38)19-32)46-47(42,43)24-13-11-22(33)12-14-24;1-28(13-14-28)43(39,40)32-27(36)29-16-19(29)7-5-3-2-4-6-8-23(31)26(35)33-18-21(15-24(33)25(34)17-29)41-42(37,38)22-11-9-20(30)10-12-22;;;/h8,10,12-15,22,24,26-27H,5-7,9,11,16-21H2,1-4H3,(H,36,42)(H,37,41);7,9,11-14,21,23,25-26H,4-6,8,10,15-20H2,1-3H3,(H,34,41)(H,35,40);5,7,9-12,19,21,23-24H,2-4,6,8,13-18,31H2,1H3,(H,32,36);2*1H4;1H/b10-8-;9-7-;7-5-;;;/t22-,24+,26+,27+,34-;21-,23+,25+,26+,32-;19-,21+,23+,24+,29-;;;/m111.../s1. The first-order valence-corrected chi connectivity index (χ1v) is 59.0. The third-order valence-electron chi connectivity index (χ3n) is 29.2. The highest BCUT2D eigenvalue weighted by Crippen LogP contribution is 2.61. The van der Waals surface area contributed by atoms with Crippen LogP contribution >= 0.6 is 47.8 Å². The fourth-order valence-electron chi connectivity index (χ4n) is 19.0. The second-order valence-corrected chi connectivity index (χ2v) is 55.6. The molecule has 9 amide bonds. The number of carbonyl (C=O) groups excluding carboxylic acids is 11. The smallest absolute Gasteiger partial charge is 0.408 e. The van der Waals surface area contributed by atoms with E-state index in [0.29, 0.717) is 96.9 Å². The predicted molar refractivity (Wildman–Crippen MR) is 540 cm³/mol. The molecule has 6 heterocycles. The third kappa shape index (κ3) is 28.2. The average molecular weight is 2340 g/mol. The van der Waals surface area contributed by atoms with Gasteiger partial charge < -0.3 is 53.1 Å². The van der Waals surface area contributed by atoms with Gasteiger partial charge in [0.2, 0.25) is 59.6 Å². The van der Waals surface area contributed by atoms with Gasteiger partial charge in [-0.3, -0.25) is 69.9 Å². The lowest BCUT2D eigenvalue weighted by Crippen LogP contribution is -3.00. The van der Waals surface area contributed by atoms with E-state index in [1.165, 1.54) is 70.1 Å². The Hall–Kier alpha value is -7.48. The highest BCUT2D eigenvalue weighted by molar-refractivity contribution is 9.11. The zero-order valence-corrected chi connectivity index (χ0v) is 91.0. The van der Waals surface area contributed by atoms with E-state index >= 15 is 0 Å². The molecular weight excluding hydrogens is 2200 g/mol. The Morgan fingerprint density at radius 3 is 0.972 bits per heavy atom. The number of Topliss-reactive ketones (excluding diaryl/α,β-unsaturated/α-hetero) is 3. The molecule has 0 unspecified atom stereocenters. The minimum absolute atomic E-state index is 0. The highest BCUT2D eigenvalue weighted by Gasteiger charge is 2.67. The maximum absolute atomic E-state index is 14.3. The molecule has 8 N–H and O–H groups in total. The number of benzene rings is 3. The molecule has 3 aromatic rings. The molecule has 3 saturated heterocycles. The molecule has 3 aromatic carbocycles. The number of nitrogens with zero attached hydrogens (tertiary/aromatic N) is 4. The molecule has 9 fully saturated rings. The zero-order valence-electron chi connectivity index (χ0n) is 80.6. The van der Waals surface area contributed by atoms with E-state index in [0.717, 1.165) is 51.4 Å². The summed E-state index contributed by atoms with van der Waals surface area (Å²) < 4.78 is 185. The summed E-state index contributed by atoms with van der Waals surface area (Å²) in [7, 11) is -21.6. The summed E-state index contributed by atoms with van der Waals surface area (Å²) >= 11 is 9.82. The Balaban J connectivity index is 0.000000220. The van der Waals surface area contributed by atoms with Crippen LogP contribution in [-0.2, 0) is 121 Å². The Morgan fingerprint density at radius 2 is 0.694 bits per heavy atom. The lowest BCUT2D eigenvalue weighted by atomic mass is 9.91. The molecule has 0 bridgehead atoms. The van der Waals surface area contributed by atoms with Gasteiger partial charge >= 0.3 is 12.1 Å². The number of carbonyl (C=O) groups is 11. The minimum atomic E-state index is -4.31. The monoisotopic (exact) mass is 2340 g/mol. The van der Waals surface area contributed by atoms with E-state index < -0.39 is 216 Å². The van der Waals surface area contributed by atoms with E-state index in [4.69, 9.17) is 17.3 Å². The Labute approximate surface area is 877 Å². The summed E-state index contributed by atoms with van der Waals surface area (Å²) in [5, 5.41) is 5.40. The number of hydrogen-bond donors (Lipinski definition) is 6. The van der Waals surface area contributed by atoms with Crippen molar-refractivity contribution in [3.05, 3.63) is 123 Å². The summed E-state index contributed by atoms with van der Waals surface area (Å²) in [6.07, 6.45) is 19.4. The second-order valence-electron chi connectivity index (χ2n) is 41.6. The Morgan fingerprint density at radius 1 is 0.417 bits per heavy atom. The van der Waals surface area contributed by atoms with Gasteiger partial charge in [0.25, 0.3) is 36.3 Å². The number of quaternary nitrogens is 1. The maximum Gasteiger partial charge on any atom is 0.408 e. The molecule has 0 radical (unpaired) electrons. The van der Waals surface area contributed by atoms with Crippen molar-refractivity contribution in [1.29, 1.82) is 0 Å². The summed E-state index contributed by atoms with van der Waals surface area (Å²) in [4.78, 5) is 156. The maximum atomic E-state index is 14.3. The third-order valence-corrected chi connectivity index (χ3v) is 41.4. The topological polar surface area (TPSA) is 530 Å². The van der Waals surface area contributed by atoms with Crippen molar-refractivity contribution in [2.75, 3.05) is 33.7 Å². The van der Waals surface area contributed by atoms with E-state index in [1.54, 1.807) is 77.9 Å². The van der Waals surface area contributed by atoms with Crippen LogP contribution in [0.25, 0.3) is 0 Å². The number of amides is 9. The van der Waals surface area contributed by atoms with Crippen molar-refractivity contribution in [3.8, 4) is 0 Å². The number of nitrogens with one attached hydrogen (secondary N) is 5. The minimum Gasteiger partial charge on any atom is -1.00 e. The Kier molecular flexibility index (Phi) is 38.3.